The molecule has 1 amide bonds. The molecule has 0 N–H and O–H groups in total. The zero-order chi connectivity index (χ0) is 21.5. The molecule has 1 aromatic heterocycles. The Morgan fingerprint density at radius 3 is 2.43 bits per heavy atom. The lowest BCUT2D eigenvalue weighted by atomic mass is 10.1. The van der Waals surface area contributed by atoms with Gasteiger partial charge in [-0.1, -0.05) is 30.3 Å². The Bertz CT molecular complexity index is 984. The Balaban J connectivity index is 1.49. The van der Waals surface area contributed by atoms with Crippen molar-refractivity contribution in [1.82, 2.24) is 4.90 Å². The van der Waals surface area contributed by atoms with Crippen LogP contribution >= 0.6 is 0 Å². The molecule has 6 nitrogen and oxygen atoms in total. The third-order valence-electron chi connectivity index (χ3n) is 4.64. The normalized spacial score (nSPS) is 11.6. The number of likely N-dealkylation sites (N-methyl/N-ethyl adjacent to an activating group) is 1. The zero-order valence-electron chi connectivity index (χ0n) is 16.7. The molecule has 0 aliphatic rings. The molecule has 30 heavy (non-hydrogen) atoms. The summed E-state index contributed by atoms with van der Waals surface area (Å²) in [7, 11) is 1.66. The molecule has 1 unspecified atom stereocenters. The second kappa shape index (κ2) is 9.73. The van der Waals surface area contributed by atoms with E-state index >= 15 is 0 Å². The van der Waals surface area contributed by atoms with Crippen LogP contribution in [-0.4, -0.2) is 30.4 Å². The predicted octanol–water partition coefficient (Wildman–Crippen LogP) is 4.37. The fourth-order valence-corrected chi connectivity index (χ4v) is 2.72. The largest absolute Gasteiger partial charge is 0.486 e. The minimum Gasteiger partial charge on any atom is -0.486 e. The fourth-order valence-electron chi connectivity index (χ4n) is 2.72. The van der Waals surface area contributed by atoms with Gasteiger partial charge in [0.05, 0.1) is 6.04 Å². The van der Waals surface area contributed by atoms with Crippen molar-refractivity contribution in [3.63, 3.8) is 0 Å². The highest BCUT2D eigenvalue weighted by molar-refractivity contribution is 5.88. The van der Waals surface area contributed by atoms with E-state index in [-0.39, 0.29) is 30.1 Å². The molecule has 156 valence electrons. The van der Waals surface area contributed by atoms with E-state index in [1.54, 1.807) is 13.1 Å². The van der Waals surface area contributed by atoms with E-state index < -0.39 is 12.6 Å². The van der Waals surface area contributed by atoms with Crippen LogP contribution in [0.2, 0.25) is 0 Å². The van der Waals surface area contributed by atoms with Gasteiger partial charge in [-0.3, -0.25) is 4.79 Å². The van der Waals surface area contributed by atoms with Crippen LogP contribution in [0.5, 0.6) is 5.75 Å². The first kappa shape index (κ1) is 21.1. The Labute approximate surface area is 173 Å². The molecule has 0 bridgehead atoms. The molecule has 3 aromatic rings. The third-order valence-corrected chi connectivity index (χ3v) is 4.64. The summed E-state index contributed by atoms with van der Waals surface area (Å²) in [6, 6.07) is 18.0. The lowest BCUT2D eigenvalue weighted by molar-refractivity contribution is -0.135. The van der Waals surface area contributed by atoms with Gasteiger partial charge in [-0.05, 0) is 48.9 Å². The van der Waals surface area contributed by atoms with E-state index in [0.29, 0.717) is 11.5 Å². The van der Waals surface area contributed by atoms with E-state index in [4.69, 9.17) is 13.9 Å². The number of esters is 1. The first-order valence-corrected chi connectivity index (χ1v) is 9.39. The van der Waals surface area contributed by atoms with Crippen molar-refractivity contribution in [2.24, 2.45) is 0 Å². The standard InChI is InChI=1S/C23H22FNO5/c1-16(17-6-4-3-5-7-17)25(2)22(26)15-29-23(27)21-13-12-20(30-21)14-28-19-10-8-18(24)9-11-19/h3-13,16H,14-15H2,1-2H3. The maximum absolute atomic E-state index is 12.9. The Kier molecular flexibility index (Phi) is 6.85. The fraction of sp³-hybridized carbons (Fsp3) is 0.217. The highest BCUT2D eigenvalue weighted by Gasteiger charge is 2.20. The summed E-state index contributed by atoms with van der Waals surface area (Å²) in [5.41, 5.74) is 0.983. The van der Waals surface area contributed by atoms with Gasteiger partial charge in [-0.2, -0.15) is 0 Å². The van der Waals surface area contributed by atoms with E-state index in [1.807, 2.05) is 37.3 Å². The molecule has 1 heterocycles. The first-order chi connectivity index (χ1) is 14.4. The average Bonchev–Trinajstić information content (AvgIpc) is 3.25. The van der Waals surface area contributed by atoms with Crippen molar-refractivity contribution in [2.45, 2.75) is 19.6 Å². The number of nitrogens with zero attached hydrogens (tertiary/aromatic N) is 1. The van der Waals surface area contributed by atoms with E-state index in [1.165, 1.54) is 35.2 Å². The molecule has 0 saturated carbocycles. The molecule has 2 aromatic carbocycles. The van der Waals surface area contributed by atoms with Crippen LogP contribution in [0, 0.1) is 5.82 Å². The van der Waals surface area contributed by atoms with Crippen LogP contribution in [0.25, 0.3) is 0 Å². The average molecular weight is 411 g/mol. The minimum absolute atomic E-state index is 0.0285. The van der Waals surface area contributed by atoms with E-state index in [2.05, 4.69) is 0 Å². The maximum Gasteiger partial charge on any atom is 0.374 e. The molecule has 0 radical (unpaired) electrons. The van der Waals surface area contributed by atoms with Gasteiger partial charge in [0.25, 0.3) is 5.91 Å². The molecule has 0 fully saturated rings. The lowest BCUT2D eigenvalue weighted by Crippen LogP contribution is -2.33. The highest BCUT2D eigenvalue weighted by Crippen LogP contribution is 2.19. The number of furan rings is 1. The Morgan fingerprint density at radius 2 is 1.73 bits per heavy atom. The van der Waals surface area contributed by atoms with Gasteiger partial charge >= 0.3 is 5.97 Å². The van der Waals surface area contributed by atoms with Crippen LogP contribution in [0.15, 0.2) is 71.1 Å². The van der Waals surface area contributed by atoms with Crippen molar-refractivity contribution in [2.75, 3.05) is 13.7 Å². The summed E-state index contributed by atoms with van der Waals surface area (Å²) in [4.78, 5) is 26.0. The monoisotopic (exact) mass is 411 g/mol. The highest BCUT2D eigenvalue weighted by atomic mass is 19.1. The van der Waals surface area contributed by atoms with Crippen molar-refractivity contribution < 1.29 is 27.9 Å². The molecule has 0 aliphatic heterocycles. The second-order valence-corrected chi connectivity index (χ2v) is 6.68. The number of carbonyl (C=O) groups is 2. The van der Waals surface area contributed by atoms with E-state index in [9.17, 15) is 14.0 Å². The van der Waals surface area contributed by atoms with Gasteiger partial charge in [0.1, 0.15) is 23.9 Å². The summed E-state index contributed by atoms with van der Waals surface area (Å²) in [5.74, 6) is -0.586. The van der Waals surface area contributed by atoms with Crippen LogP contribution < -0.4 is 4.74 Å². The summed E-state index contributed by atoms with van der Waals surface area (Å²) < 4.78 is 28.8. The summed E-state index contributed by atoms with van der Waals surface area (Å²) in [6.45, 7) is 1.57. The predicted molar refractivity (Wildman–Crippen MR) is 107 cm³/mol. The molecule has 0 aliphatic carbocycles. The molecule has 0 saturated heterocycles. The Hall–Kier alpha value is -3.61. The third kappa shape index (κ3) is 5.47. The molecular formula is C23H22FNO5. The van der Waals surface area contributed by atoms with Gasteiger partial charge < -0.3 is 18.8 Å². The molecule has 3 rings (SSSR count). The topological polar surface area (TPSA) is 69.0 Å². The van der Waals surface area contributed by atoms with E-state index in [0.717, 1.165) is 5.56 Å². The molecule has 0 spiro atoms. The van der Waals surface area contributed by atoms with Gasteiger partial charge in [-0.25, -0.2) is 9.18 Å². The van der Waals surface area contributed by atoms with Gasteiger partial charge in [0.2, 0.25) is 5.76 Å². The SMILES string of the molecule is CC(c1ccccc1)N(C)C(=O)COC(=O)c1ccc(COc2ccc(F)cc2)o1. The smallest absolute Gasteiger partial charge is 0.374 e. The number of hydrogen-bond donors (Lipinski definition) is 0. The van der Waals surface area contributed by atoms with Gasteiger partial charge in [0, 0.05) is 7.05 Å². The van der Waals surface area contributed by atoms with Crippen LogP contribution in [-0.2, 0) is 16.1 Å². The van der Waals surface area contributed by atoms with Crippen molar-refractivity contribution >= 4 is 11.9 Å². The van der Waals surface area contributed by atoms with Crippen LogP contribution in [0.1, 0.15) is 34.8 Å². The van der Waals surface area contributed by atoms with Gasteiger partial charge in [0.15, 0.2) is 6.61 Å². The number of carbonyl (C=O) groups excluding carboxylic acids is 2. The zero-order valence-corrected chi connectivity index (χ0v) is 16.7. The first-order valence-electron chi connectivity index (χ1n) is 9.39. The minimum atomic E-state index is -0.739. The van der Waals surface area contributed by atoms with Crippen LogP contribution in [0.4, 0.5) is 4.39 Å². The molecule has 1 atom stereocenters. The molecule has 7 heteroatoms. The summed E-state index contributed by atoms with van der Waals surface area (Å²) in [5, 5.41) is 0. The van der Waals surface area contributed by atoms with Crippen molar-refractivity contribution in [1.29, 1.82) is 0 Å². The maximum atomic E-state index is 12.9. The van der Waals surface area contributed by atoms with Crippen LogP contribution in [0.3, 0.4) is 0 Å². The summed E-state index contributed by atoms with van der Waals surface area (Å²) >= 11 is 0. The second-order valence-electron chi connectivity index (χ2n) is 6.68. The van der Waals surface area contributed by atoms with Crippen molar-refractivity contribution in [3.8, 4) is 5.75 Å². The van der Waals surface area contributed by atoms with Crippen molar-refractivity contribution in [3.05, 3.63) is 89.6 Å². The number of hydrogen-bond acceptors (Lipinski definition) is 5. The lowest BCUT2D eigenvalue weighted by Gasteiger charge is -2.25. The molecular weight excluding hydrogens is 389 g/mol. The number of amides is 1. The number of halogens is 1. The summed E-state index contributed by atoms with van der Waals surface area (Å²) in [6.07, 6.45) is 0. The Morgan fingerprint density at radius 1 is 1.03 bits per heavy atom. The quantitative estimate of drug-likeness (QED) is 0.515. The number of ether oxygens (including phenoxy) is 2. The van der Waals surface area contributed by atoms with Gasteiger partial charge in [-0.15, -0.1) is 0 Å². The number of benzene rings is 2. The number of rotatable bonds is 8.